The van der Waals surface area contributed by atoms with Gasteiger partial charge in [-0.25, -0.2) is 9.78 Å². The Morgan fingerprint density at radius 1 is 1.42 bits per heavy atom. The normalized spacial score (nSPS) is 14.5. The van der Waals surface area contributed by atoms with Crippen molar-refractivity contribution in [2.45, 2.75) is 52.1 Å². The van der Waals surface area contributed by atoms with E-state index in [4.69, 9.17) is 16.1 Å². The molecule has 0 aliphatic heterocycles. The second kappa shape index (κ2) is 9.01. The van der Waals surface area contributed by atoms with E-state index in [-0.39, 0.29) is 17.9 Å². The third-order valence-electron chi connectivity index (χ3n) is 5.91. The van der Waals surface area contributed by atoms with Crippen LogP contribution < -0.4 is 5.73 Å². The molecule has 0 spiro atoms. The average Bonchev–Trinajstić information content (AvgIpc) is 3.34. The van der Waals surface area contributed by atoms with E-state index in [1.165, 1.54) is 4.90 Å². The molecule has 1 unspecified atom stereocenters. The van der Waals surface area contributed by atoms with E-state index >= 15 is 0 Å². The van der Waals surface area contributed by atoms with Crippen molar-refractivity contribution < 1.29 is 4.79 Å². The Balaban J connectivity index is 1.77. The number of amidine groups is 1. The number of urea groups is 1. The fraction of sp³-hybridized carbons (Fsp3) is 0.375. The van der Waals surface area contributed by atoms with E-state index in [0.29, 0.717) is 17.2 Å². The van der Waals surface area contributed by atoms with Crippen molar-refractivity contribution in [1.82, 2.24) is 24.6 Å². The largest absolute Gasteiger partial charge is 0.351 e. The first kappa shape index (κ1) is 22.4. The van der Waals surface area contributed by atoms with Crippen molar-refractivity contribution in [3.63, 3.8) is 0 Å². The number of nitrogens with zero attached hydrogens (tertiary/aromatic N) is 5. The molecular weight excluding hydrogens is 416 g/mol. The number of benzene rings is 1. The Kier molecular flexibility index (Phi) is 6.13. The van der Waals surface area contributed by atoms with Crippen molar-refractivity contribution in [3.8, 4) is 22.6 Å². The van der Waals surface area contributed by atoms with E-state index in [0.717, 1.165) is 41.5 Å². The van der Waals surface area contributed by atoms with Gasteiger partial charge in [-0.1, -0.05) is 19.1 Å². The van der Waals surface area contributed by atoms with Gasteiger partial charge in [0.05, 0.1) is 17.5 Å². The maximum Gasteiger partial charge on any atom is 0.320 e. The summed E-state index contributed by atoms with van der Waals surface area (Å²) in [6.07, 6.45) is 8.13. The number of hydrogen-bond acceptors (Lipinski definition) is 5. The lowest BCUT2D eigenvalue weighted by Crippen LogP contribution is -2.42. The van der Waals surface area contributed by atoms with Crippen LogP contribution in [0.2, 0.25) is 0 Å². The highest BCUT2D eigenvalue weighted by Crippen LogP contribution is 2.32. The van der Waals surface area contributed by atoms with Crippen molar-refractivity contribution >= 4 is 18.1 Å². The summed E-state index contributed by atoms with van der Waals surface area (Å²) in [5.74, 6) is 0.588. The molecule has 172 valence electrons. The Labute approximate surface area is 193 Å². The molecule has 2 heterocycles. The minimum atomic E-state index is -0.632. The standard InChI is InChI=1S/C24H30N8O/c1-5-15(3)27-11-17-7-6-16(10-14(17)2)20-21(22(25)32(24(26)33)19-8-9-19)30-23(29-20)18-12-28-31(4)13-18/h6-7,10-13,15,19,25H,5,8-9H2,1-4H3,(H2,26,33)(H,29,30)/b25-22?,27-11-. The van der Waals surface area contributed by atoms with Gasteiger partial charge in [-0.05, 0) is 50.3 Å². The Morgan fingerprint density at radius 3 is 2.76 bits per heavy atom. The molecular formula is C24H30N8O. The number of aromatic amines is 1. The smallest absolute Gasteiger partial charge is 0.320 e. The number of carbonyl (C=O) groups is 1. The third kappa shape index (κ3) is 4.72. The molecule has 1 aliphatic rings. The van der Waals surface area contributed by atoms with Crippen LogP contribution >= 0.6 is 0 Å². The molecule has 0 bridgehead atoms. The fourth-order valence-electron chi connectivity index (χ4n) is 3.64. The lowest BCUT2D eigenvalue weighted by Gasteiger charge is -2.20. The quantitative estimate of drug-likeness (QED) is 0.376. The molecule has 33 heavy (non-hydrogen) atoms. The zero-order valence-electron chi connectivity index (χ0n) is 19.5. The number of hydrogen-bond donors (Lipinski definition) is 3. The Morgan fingerprint density at radius 2 is 2.18 bits per heavy atom. The Hall–Kier alpha value is -3.75. The van der Waals surface area contributed by atoms with Crippen molar-refractivity contribution in [3.05, 3.63) is 47.4 Å². The molecule has 2 aromatic heterocycles. The van der Waals surface area contributed by atoms with Crippen LogP contribution in [-0.2, 0) is 7.05 Å². The lowest BCUT2D eigenvalue weighted by molar-refractivity contribution is 0.228. The van der Waals surface area contributed by atoms with Crippen LogP contribution in [0.25, 0.3) is 22.6 Å². The summed E-state index contributed by atoms with van der Waals surface area (Å²) < 4.78 is 1.69. The van der Waals surface area contributed by atoms with Crippen LogP contribution in [0.5, 0.6) is 0 Å². The number of aryl methyl sites for hydroxylation is 2. The highest BCUT2D eigenvalue weighted by molar-refractivity contribution is 6.08. The van der Waals surface area contributed by atoms with Gasteiger partial charge in [0.2, 0.25) is 0 Å². The molecule has 1 aromatic carbocycles. The first-order valence-electron chi connectivity index (χ1n) is 11.2. The van der Waals surface area contributed by atoms with Crippen molar-refractivity contribution in [2.75, 3.05) is 0 Å². The van der Waals surface area contributed by atoms with Crippen LogP contribution in [-0.4, -0.2) is 54.8 Å². The molecule has 3 aromatic rings. The van der Waals surface area contributed by atoms with E-state index in [2.05, 4.69) is 28.9 Å². The highest BCUT2D eigenvalue weighted by Gasteiger charge is 2.36. The summed E-state index contributed by atoms with van der Waals surface area (Å²) in [5.41, 5.74) is 10.4. The van der Waals surface area contributed by atoms with Gasteiger partial charge >= 0.3 is 6.03 Å². The maximum atomic E-state index is 12.1. The number of rotatable bonds is 7. The predicted molar refractivity (Wildman–Crippen MR) is 130 cm³/mol. The van der Waals surface area contributed by atoms with Crippen molar-refractivity contribution in [1.29, 1.82) is 5.41 Å². The van der Waals surface area contributed by atoms with Gasteiger partial charge in [-0.15, -0.1) is 0 Å². The summed E-state index contributed by atoms with van der Waals surface area (Å²) >= 11 is 0. The first-order chi connectivity index (χ1) is 15.8. The summed E-state index contributed by atoms with van der Waals surface area (Å²) in [6.45, 7) is 6.24. The van der Waals surface area contributed by atoms with Gasteiger partial charge in [0, 0.05) is 37.1 Å². The molecule has 4 rings (SSSR count). The summed E-state index contributed by atoms with van der Waals surface area (Å²) in [4.78, 5) is 26.1. The van der Waals surface area contributed by atoms with Gasteiger partial charge < -0.3 is 10.7 Å². The molecule has 1 aliphatic carbocycles. The topological polar surface area (TPSA) is 129 Å². The molecule has 1 saturated carbocycles. The second-order valence-corrected chi connectivity index (χ2v) is 8.61. The van der Waals surface area contributed by atoms with Crippen molar-refractivity contribution in [2.24, 2.45) is 17.8 Å². The molecule has 0 saturated heterocycles. The number of nitrogens with two attached hydrogens (primary N) is 1. The zero-order chi connectivity index (χ0) is 23.7. The predicted octanol–water partition coefficient (Wildman–Crippen LogP) is 3.87. The SMILES string of the molecule is CCC(C)/N=C\c1ccc(-c2[nH]c(-c3cnn(C)c3)nc2C(=N)N(C(N)=O)C2CC2)cc1C. The average molecular weight is 447 g/mol. The first-order valence-corrected chi connectivity index (χ1v) is 11.2. The van der Waals surface area contributed by atoms with Crippen LogP contribution in [0.3, 0.4) is 0 Å². The maximum absolute atomic E-state index is 12.1. The van der Waals surface area contributed by atoms with Crippen LogP contribution in [0, 0.1) is 12.3 Å². The number of nitrogens with one attached hydrogen (secondary N) is 2. The molecule has 0 radical (unpaired) electrons. The van der Waals surface area contributed by atoms with Gasteiger partial charge in [0.15, 0.2) is 5.84 Å². The van der Waals surface area contributed by atoms with Crippen LogP contribution in [0.4, 0.5) is 4.79 Å². The monoisotopic (exact) mass is 446 g/mol. The zero-order valence-corrected chi connectivity index (χ0v) is 19.5. The molecule has 2 amide bonds. The Bertz CT molecular complexity index is 1220. The number of aliphatic imine (C=N–C) groups is 1. The van der Waals surface area contributed by atoms with E-state index in [1.54, 1.807) is 10.9 Å². The number of primary amides is 1. The summed E-state index contributed by atoms with van der Waals surface area (Å²) in [6, 6.07) is 5.64. The molecule has 9 nitrogen and oxygen atoms in total. The number of H-pyrrole nitrogens is 1. The number of carbonyl (C=O) groups excluding carboxylic acids is 1. The fourth-order valence-corrected chi connectivity index (χ4v) is 3.64. The third-order valence-corrected chi connectivity index (χ3v) is 5.91. The van der Waals surface area contributed by atoms with Gasteiger partial charge in [-0.2, -0.15) is 5.10 Å². The van der Waals surface area contributed by atoms with E-state index in [9.17, 15) is 4.79 Å². The lowest BCUT2D eigenvalue weighted by atomic mass is 10.0. The molecule has 9 heteroatoms. The molecule has 1 fully saturated rings. The van der Waals surface area contributed by atoms with Gasteiger partial charge in [0.25, 0.3) is 0 Å². The number of imidazole rings is 1. The van der Waals surface area contributed by atoms with Gasteiger partial charge in [0.1, 0.15) is 11.5 Å². The second-order valence-electron chi connectivity index (χ2n) is 8.61. The molecule has 4 N–H and O–H groups in total. The number of aromatic nitrogens is 4. The van der Waals surface area contributed by atoms with Crippen LogP contribution in [0.1, 0.15) is 49.9 Å². The summed E-state index contributed by atoms with van der Waals surface area (Å²) in [7, 11) is 1.83. The van der Waals surface area contributed by atoms with E-state index in [1.807, 2.05) is 44.6 Å². The summed E-state index contributed by atoms with van der Waals surface area (Å²) in [5, 5.41) is 13.0. The molecule has 1 atom stereocenters. The minimum Gasteiger partial charge on any atom is -0.351 e. The van der Waals surface area contributed by atoms with Crippen LogP contribution in [0.15, 0.2) is 35.6 Å². The minimum absolute atomic E-state index is 0.00597. The van der Waals surface area contributed by atoms with E-state index < -0.39 is 6.03 Å². The highest BCUT2D eigenvalue weighted by atomic mass is 16.2. The number of amides is 2. The van der Waals surface area contributed by atoms with Gasteiger partial charge in [-0.3, -0.25) is 20.0 Å².